The van der Waals surface area contributed by atoms with Crippen LogP contribution in [0.4, 0.5) is 13.2 Å². The zero-order valence-electron chi connectivity index (χ0n) is 22.5. The van der Waals surface area contributed by atoms with Gasteiger partial charge < -0.3 is 9.47 Å². The molecule has 0 aromatic heterocycles. The number of benzene rings is 1. The van der Waals surface area contributed by atoms with E-state index in [1.54, 1.807) is 41.5 Å². The van der Waals surface area contributed by atoms with Gasteiger partial charge in [-0.3, -0.25) is 9.59 Å². The van der Waals surface area contributed by atoms with Crippen molar-refractivity contribution < 1.29 is 32.2 Å². The van der Waals surface area contributed by atoms with Crippen LogP contribution in [0.3, 0.4) is 0 Å². The van der Waals surface area contributed by atoms with Gasteiger partial charge in [0.1, 0.15) is 13.2 Å². The van der Waals surface area contributed by atoms with E-state index in [2.05, 4.69) is 6.92 Å². The van der Waals surface area contributed by atoms with E-state index in [0.717, 1.165) is 31.8 Å². The molecule has 0 spiro atoms. The number of carbonyl (C=O) groups is 2. The quantitative estimate of drug-likeness (QED) is 0.284. The molecule has 4 nitrogen and oxygen atoms in total. The van der Waals surface area contributed by atoms with Gasteiger partial charge in [0.2, 0.25) is 0 Å². The van der Waals surface area contributed by atoms with Crippen LogP contribution in [0.1, 0.15) is 91.7 Å². The molecule has 0 radical (unpaired) electrons. The Morgan fingerprint density at radius 2 is 1.31 bits per heavy atom. The lowest BCUT2D eigenvalue weighted by molar-refractivity contribution is -0.129. The molecule has 1 aromatic carbocycles. The van der Waals surface area contributed by atoms with Gasteiger partial charge in [-0.15, -0.1) is 0 Å². The largest absolute Gasteiger partial charge is 0.482 e. The molecule has 0 fully saturated rings. The van der Waals surface area contributed by atoms with Crippen molar-refractivity contribution in [1.82, 2.24) is 0 Å². The van der Waals surface area contributed by atoms with Crippen molar-refractivity contribution in [2.45, 2.75) is 86.7 Å². The first kappa shape index (κ1) is 29.7. The molecule has 0 unspecified atom stereocenters. The monoisotopic (exact) mass is 508 g/mol. The Kier molecular flexibility index (Phi) is 9.60. The third-order valence-corrected chi connectivity index (χ3v) is 6.10. The van der Waals surface area contributed by atoms with Crippen molar-refractivity contribution in [2.24, 2.45) is 10.8 Å². The van der Waals surface area contributed by atoms with Crippen LogP contribution in [0.5, 0.6) is 11.5 Å². The summed E-state index contributed by atoms with van der Waals surface area (Å²) in [6.07, 6.45) is 3.13. The Morgan fingerprint density at radius 1 is 0.806 bits per heavy atom. The molecule has 1 aromatic rings. The van der Waals surface area contributed by atoms with E-state index < -0.39 is 22.6 Å². The fraction of sp³-hybridized carbons (Fsp3) is 0.586. The molecule has 1 aliphatic rings. The van der Waals surface area contributed by atoms with Crippen molar-refractivity contribution in [1.29, 1.82) is 0 Å². The normalized spacial score (nSPS) is 15.1. The standard InChI is InChI=1S/C29H39F3O4/c1-8-9-10-11-12-13-19-14-22(29(30,31)32)21-16-24(36-18-26(34)28(5,6)7)23(15-20(19)21)35-17-25(33)27(2,3)4/h13-16H,8-12,17-18H2,1-7H3. The van der Waals surface area contributed by atoms with Crippen LogP contribution in [0.25, 0.3) is 11.1 Å². The van der Waals surface area contributed by atoms with E-state index >= 15 is 0 Å². The molecule has 0 saturated carbocycles. The minimum Gasteiger partial charge on any atom is -0.482 e. The molecule has 0 heterocycles. The lowest BCUT2D eigenvalue weighted by atomic mass is 9.91. The Labute approximate surface area is 212 Å². The first-order valence-corrected chi connectivity index (χ1v) is 12.6. The number of fused-ring (bicyclic) bond motifs is 1. The van der Waals surface area contributed by atoms with Gasteiger partial charge in [-0.1, -0.05) is 73.8 Å². The number of allylic oxidation sites excluding steroid dienone is 4. The van der Waals surface area contributed by atoms with Crippen molar-refractivity contribution >= 4 is 22.7 Å². The Hall–Kier alpha value is -2.57. The number of alkyl halides is 3. The van der Waals surface area contributed by atoms with Gasteiger partial charge in [-0.05, 0) is 47.8 Å². The van der Waals surface area contributed by atoms with E-state index in [1.165, 1.54) is 12.1 Å². The summed E-state index contributed by atoms with van der Waals surface area (Å²) in [5.41, 5.74) is -1.25. The lowest BCUT2D eigenvalue weighted by Gasteiger charge is -2.21. The number of hydrogen-bond donors (Lipinski definition) is 0. The topological polar surface area (TPSA) is 52.6 Å². The fourth-order valence-electron chi connectivity index (χ4n) is 3.51. The van der Waals surface area contributed by atoms with E-state index in [1.807, 2.05) is 6.08 Å². The van der Waals surface area contributed by atoms with Crippen molar-refractivity contribution in [3.63, 3.8) is 0 Å². The number of carbonyl (C=O) groups excluding carboxylic acids is 2. The molecule has 0 aliphatic heterocycles. The third kappa shape index (κ3) is 7.97. The maximum atomic E-state index is 13.9. The van der Waals surface area contributed by atoms with E-state index in [0.29, 0.717) is 17.6 Å². The number of ether oxygens (including phenoxy) is 2. The SMILES string of the molecule is CCCCCCC=C1C=C(C(F)(F)F)c2cc(OCC(=O)C(C)(C)C)c(OCC(=O)C(C)(C)C)cc21. The molecule has 7 heteroatoms. The third-order valence-electron chi connectivity index (χ3n) is 6.10. The minimum absolute atomic E-state index is 0.00686. The number of Topliss-reactive ketones (excluding diaryl/α,β-unsaturated/α-hetero) is 2. The molecule has 0 atom stereocenters. The zero-order valence-corrected chi connectivity index (χ0v) is 22.5. The van der Waals surface area contributed by atoms with E-state index in [-0.39, 0.29) is 41.8 Å². The molecule has 0 saturated heterocycles. The molecule has 0 N–H and O–H groups in total. The number of halogens is 3. The van der Waals surface area contributed by atoms with Gasteiger partial charge in [-0.2, -0.15) is 13.2 Å². The van der Waals surface area contributed by atoms with Crippen LogP contribution < -0.4 is 9.47 Å². The smallest absolute Gasteiger partial charge is 0.417 e. The van der Waals surface area contributed by atoms with Crippen molar-refractivity contribution in [2.75, 3.05) is 13.2 Å². The van der Waals surface area contributed by atoms with Crippen LogP contribution >= 0.6 is 0 Å². The number of ketones is 2. The average molecular weight is 509 g/mol. The van der Waals surface area contributed by atoms with Gasteiger partial charge in [0.15, 0.2) is 23.1 Å². The molecule has 200 valence electrons. The van der Waals surface area contributed by atoms with Crippen LogP contribution in [-0.2, 0) is 9.59 Å². The molecule has 0 bridgehead atoms. The fourth-order valence-corrected chi connectivity index (χ4v) is 3.51. The van der Waals surface area contributed by atoms with Gasteiger partial charge in [0.25, 0.3) is 0 Å². The summed E-state index contributed by atoms with van der Waals surface area (Å²) in [4.78, 5) is 24.9. The summed E-state index contributed by atoms with van der Waals surface area (Å²) in [5.74, 6) is -0.228. The first-order chi connectivity index (χ1) is 16.6. The lowest BCUT2D eigenvalue weighted by Crippen LogP contribution is -2.27. The predicted molar refractivity (Wildman–Crippen MR) is 137 cm³/mol. The highest BCUT2D eigenvalue weighted by Crippen LogP contribution is 2.48. The summed E-state index contributed by atoms with van der Waals surface area (Å²) >= 11 is 0. The molecule has 0 amide bonds. The second-order valence-electron chi connectivity index (χ2n) is 11.3. The number of rotatable bonds is 11. The van der Waals surface area contributed by atoms with Crippen LogP contribution in [0, 0.1) is 10.8 Å². The summed E-state index contributed by atoms with van der Waals surface area (Å²) in [6, 6.07) is 2.77. The average Bonchev–Trinajstić information content (AvgIpc) is 3.11. The minimum atomic E-state index is -4.56. The highest BCUT2D eigenvalue weighted by molar-refractivity contribution is 5.98. The maximum Gasteiger partial charge on any atom is 0.417 e. The van der Waals surface area contributed by atoms with Crippen molar-refractivity contribution in [3.8, 4) is 11.5 Å². The van der Waals surface area contributed by atoms with Gasteiger partial charge in [-0.25, -0.2) is 0 Å². The first-order valence-electron chi connectivity index (χ1n) is 12.6. The second kappa shape index (κ2) is 11.7. The summed E-state index contributed by atoms with van der Waals surface area (Å²) in [5, 5.41) is 0. The number of unbranched alkanes of at least 4 members (excludes halogenated alkanes) is 4. The Balaban J connectivity index is 2.48. The van der Waals surface area contributed by atoms with Crippen molar-refractivity contribution in [3.05, 3.63) is 35.4 Å². The number of hydrogen-bond acceptors (Lipinski definition) is 4. The zero-order chi connectivity index (χ0) is 27.3. The molecule has 2 rings (SSSR count). The molecule has 36 heavy (non-hydrogen) atoms. The van der Waals surface area contributed by atoms with Crippen LogP contribution in [0.15, 0.2) is 24.3 Å². The van der Waals surface area contributed by atoms with Gasteiger partial charge in [0, 0.05) is 10.8 Å². The molecule has 1 aliphatic carbocycles. The molecular weight excluding hydrogens is 469 g/mol. The second-order valence-corrected chi connectivity index (χ2v) is 11.3. The molecular formula is C29H39F3O4. The van der Waals surface area contributed by atoms with E-state index in [4.69, 9.17) is 9.47 Å². The maximum absolute atomic E-state index is 13.9. The predicted octanol–water partition coefficient (Wildman–Crippen LogP) is 7.99. The van der Waals surface area contributed by atoms with E-state index in [9.17, 15) is 22.8 Å². The summed E-state index contributed by atoms with van der Waals surface area (Å²) in [7, 11) is 0. The summed E-state index contributed by atoms with van der Waals surface area (Å²) < 4.78 is 53.2. The Morgan fingerprint density at radius 3 is 1.75 bits per heavy atom. The highest BCUT2D eigenvalue weighted by Gasteiger charge is 2.40. The Bertz CT molecular complexity index is 1020. The van der Waals surface area contributed by atoms with Gasteiger partial charge >= 0.3 is 6.18 Å². The summed E-state index contributed by atoms with van der Waals surface area (Å²) in [6.45, 7) is 12.0. The van der Waals surface area contributed by atoms with Crippen LogP contribution in [0.2, 0.25) is 0 Å². The van der Waals surface area contributed by atoms with Crippen LogP contribution in [-0.4, -0.2) is 31.0 Å². The highest BCUT2D eigenvalue weighted by atomic mass is 19.4. The van der Waals surface area contributed by atoms with Gasteiger partial charge in [0.05, 0.1) is 5.57 Å².